The highest BCUT2D eigenvalue weighted by atomic mass is 79.9. The number of hydrogen-bond donors (Lipinski definition) is 0. The van der Waals surface area contributed by atoms with Crippen LogP contribution in [0.15, 0.2) is 28.4 Å². The SMILES string of the molecule is C=CCn1cc(S(C)(=O)=O)c(Br)n1. The van der Waals surface area contributed by atoms with Crippen LogP contribution in [0.25, 0.3) is 0 Å². The highest BCUT2D eigenvalue weighted by Crippen LogP contribution is 2.19. The Morgan fingerprint density at radius 3 is 2.77 bits per heavy atom. The molecule has 0 radical (unpaired) electrons. The fraction of sp³-hybridized carbons (Fsp3) is 0.286. The summed E-state index contributed by atoms with van der Waals surface area (Å²) in [4.78, 5) is 0.203. The third-order valence-electron chi connectivity index (χ3n) is 1.40. The molecule has 0 aliphatic carbocycles. The monoisotopic (exact) mass is 264 g/mol. The zero-order valence-electron chi connectivity index (χ0n) is 7.07. The summed E-state index contributed by atoms with van der Waals surface area (Å²) in [6.45, 7) is 4.03. The van der Waals surface area contributed by atoms with Gasteiger partial charge in [0.15, 0.2) is 9.84 Å². The van der Waals surface area contributed by atoms with Gasteiger partial charge in [0.1, 0.15) is 9.50 Å². The Bertz CT molecular complexity index is 422. The molecule has 0 N–H and O–H groups in total. The average molecular weight is 265 g/mol. The van der Waals surface area contributed by atoms with Crippen LogP contribution >= 0.6 is 15.9 Å². The van der Waals surface area contributed by atoms with Gasteiger partial charge in [-0.15, -0.1) is 6.58 Å². The summed E-state index contributed by atoms with van der Waals surface area (Å²) in [5, 5.41) is 3.95. The molecule has 1 aromatic heterocycles. The van der Waals surface area contributed by atoms with E-state index in [2.05, 4.69) is 27.6 Å². The van der Waals surface area contributed by atoms with Crippen molar-refractivity contribution in [1.82, 2.24) is 9.78 Å². The van der Waals surface area contributed by atoms with Crippen LogP contribution in [0.1, 0.15) is 0 Å². The molecule has 0 aromatic carbocycles. The van der Waals surface area contributed by atoms with Gasteiger partial charge in [0.2, 0.25) is 0 Å². The fourth-order valence-corrected chi connectivity index (χ4v) is 2.70. The summed E-state index contributed by atoms with van der Waals surface area (Å²) in [5.41, 5.74) is 0. The summed E-state index contributed by atoms with van der Waals surface area (Å²) < 4.78 is 24.2. The molecule has 0 saturated heterocycles. The molecule has 4 nitrogen and oxygen atoms in total. The van der Waals surface area contributed by atoms with Crippen molar-refractivity contribution in [2.45, 2.75) is 11.4 Å². The van der Waals surface area contributed by atoms with Crippen molar-refractivity contribution in [2.24, 2.45) is 0 Å². The normalized spacial score (nSPS) is 11.5. The van der Waals surface area contributed by atoms with E-state index in [1.54, 1.807) is 6.08 Å². The highest BCUT2D eigenvalue weighted by Gasteiger charge is 2.15. The second kappa shape index (κ2) is 3.63. The molecule has 0 amide bonds. The molecule has 0 spiro atoms. The van der Waals surface area contributed by atoms with Crippen molar-refractivity contribution in [1.29, 1.82) is 0 Å². The van der Waals surface area contributed by atoms with Crippen LogP contribution in [-0.2, 0) is 16.4 Å². The second-order valence-electron chi connectivity index (χ2n) is 2.57. The number of nitrogens with zero attached hydrogens (tertiary/aromatic N) is 2. The van der Waals surface area contributed by atoms with Crippen molar-refractivity contribution in [3.05, 3.63) is 23.5 Å². The van der Waals surface area contributed by atoms with E-state index in [0.29, 0.717) is 11.1 Å². The Balaban J connectivity index is 3.18. The number of halogens is 1. The van der Waals surface area contributed by atoms with Gasteiger partial charge in [-0.25, -0.2) is 8.42 Å². The Hall–Kier alpha value is -0.620. The molecule has 0 fully saturated rings. The summed E-state index contributed by atoms with van der Waals surface area (Å²) in [6.07, 6.45) is 4.26. The lowest BCUT2D eigenvalue weighted by Gasteiger charge is -1.91. The van der Waals surface area contributed by atoms with Crippen molar-refractivity contribution >= 4 is 25.8 Å². The van der Waals surface area contributed by atoms with E-state index < -0.39 is 9.84 Å². The molecule has 0 saturated carbocycles. The predicted molar refractivity (Wildman–Crippen MR) is 53.2 cm³/mol. The second-order valence-corrected chi connectivity index (χ2v) is 5.30. The van der Waals surface area contributed by atoms with Crippen molar-refractivity contribution in [3.63, 3.8) is 0 Å². The van der Waals surface area contributed by atoms with Gasteiger partial charge >= 0.3 is 0 Å². The fourth-order valence-electron chi connectivity index (χ4n) is 0.854. The van der Waals surface area contributed by atoms with Crippen LogP contribution in [0.3, 0.4) is 0 Å². The summed E-state index contributed by atoms with van der Waals surface area (Å²) >= 11 is 3.08. The quantitative estimate of drug-likeness (QED) is 0.772. The maximum Gasteiger partial charge on any atom is 0.179 e. The molecule has 0 aliphatic heterocycles. The summed E-state index contributed by atoms with van der Waals surface area (Å²) in [6, 6.07) is 0. The molecule has 1 rings (SSSR count). The van der Waals surface area contributed by atoms with Gasteiger partial charge in [0, 0.05) is 12.5 Å². The lowest BCUT2D eigenvalue weighted by Crippen LogP contribution is -1.96. The number of hydrogen-bond acceptors (Lipinski definition) is 3. The predicted octanol–water partition coefficient (Wildman–Crippen LogP) is 1.24. The van der Waals surface area contributed by atoms with Crippen molar-refractivity contribution in [2.75, 3.05) is 6.26 Å². The molecule has 13 heavy (non-hydrogen) atoms. The molecule has 0 unspecified atom stereocenters. The first-order valence-corrected chi connectivity index (χ1v) is 6.17. The molecule has 0 bridgehead atoms. The van der Waals surface area contributed by atoms with Crippen molar-refractivity contribution in [3.8, 4) is 0 Å². The molecule has 0 aliphatic rings. The minimum atomic E-state index is -3.20. The maximum absolute atomic E-state index is 11.2. The summed E-state index contributed by atoms with van der Waals surface area (Å²) in [5.74, 6) is 0. The molecule has 6 heteroatoms. The molecule has 1 aromatic rings. The number of rotatable bonds is 3. The van der Waals surface area contributed by atoms with Gasteiger partial charge in [-0.3, -0.25) is 4.68 Å². The van der Waals surface area contributed by atoms with E-state index in [4.69, 9.17) is 0 Å². The van der Waals surface area contributed by atoms with E-state index in [0.717, 1.165) is 6.26 Å². The van der Waals surface area contributed by atoms with Crippen LogP contribution in [0, 0.1) is 0 Å². The molecule has 72 valence electrons. The first-order valence-electron chi connectivity index (χ1n) is 3.49. The Morgan fingerprint density at radius 1 is 1.77 bits per heavy atom. The van der Waals surface area contributed by atoms with Crippen LogP contribution < -0.4 is 0 Å². The lowest BCUT2D eigenvalue weighted by atomic mass is 10.6. The van der Waals surface area contributed by atoms with E-state index >= 15 is 0 Å². The molecular formula is C7H9BrN2O2S. The Kier molecular flexibility index (Phi) is 2.92. The highest BCUT2D eigenvalue weighted by molar-refractivity contribution is 9.10. The van der Waals surface area contributed by atoms with Crippen LogP contribution in [-0.4, -0.2) is 24.5 Å². The molecule has 1 heterocycles. The van der Waals surface area contributed by atoms with Gasteiger partial charge in [-0.05, 0) is 15.9 Å². The summed E-state index contributed by atoms with van der Waals surface area (Å²) in [7, 11) is -3.20. The van der Waals surface area contributed by atoms with Crippen LogP contribution in [0.2, 0.25) is 0 Å². The van der Waals surface area contributed by atoms with Gasteiger partial charge in [-0.2, -0.15) is 5.10 Å². The van der Waals surface area contributed by atoms with Gasteiger partial charge in [0.25, 0.3) is 0 Å². The third kappa shape index (κ3) is 2.41. The van der Waals surface area contributed by atoms with Crippen LogP contribution in [0.4, 0.5) is 0 Å². The first-order chi connectivity index (χ1) is 5.95. The largest absolute Gasteiger partial charge is 0.266 e. The first kappa shape index (κ1) is 10.5. The number of sulfone groups is 1. The zero-order chi connectivity index (χ0) is 10.1. The molecule has 0 atom stereocenters. The zero-order valence-corrected chi connectivity index (χ0v) is 9.47. The third-order valence-corrected chi connectivity index (χ3v) is 3.35. The number of aromatic nitrogens is 2. The van der Waals surface area contributed by atoms with Crippen molar-refractivity contribution < 1.29 is 8.42 Å². The smallest absolute Gasteiger partial charge is 0.179 e. The van der Waals surface area contributed by atoms with E-state index in [9.17, 15) is 8.42 Å². The maximum atomic E-state index is 11.2. The lowest BCUT2D eigenvalue weighted by molar-refractivity contribution is 0.601. The van der Waals surface area contributed by atoms with E-state index in [-0.39, 0.29) is 4.90 Å². The minimum Gasteiger partial charge on any atom is -0.266 e. The van der Waals surface area contributed by atoms with E-state index in [1.165, 1.54) is 10.9 Å². The Morgan fingerprint density at radius 2 is 2.38 bits per heavy atom. The standard InChI is InChI=1S/C7H9BrN2O2S/c1-3-4-10-5-6(7(8)9-10)13(2,11)12/h3,5H,1,4H2,2H3. The van der Waals surface area contributed by atoms with Gasteiger partial charge in [0.05, 0.1) is 6.54 Å². The van der Waals surface area contributed by atoms with Crippen LogP contribution in [0.5, 0.6) is 0 Å². The Labute approximate surface area is 85.3 Å². The molecular weight excluding hydrogens is 256 g/mol. The van der Waals surface area contributed by atoms with Gasteiger partial charge < -0.3 is 0 Å². The van der Waals surface area contributed by atoms with E-state index in [1.807, 2.05) is 0 Å². The van der Waals surface area contributed by atoms with Gasteiger partial charge in [-0.1, -0.05) is 6.08 Å². The average Bonchev–Trinajstić information content (AvgIpc) is 2.30. The minimum absolute atomic E-state index is 0.203. The number of allylic oxidation sites excluding steroid dienone is 1. The topological polar surface area (TPSA) is 52.0 Å².